The Morgan fingerprint density at radius 2 is 1.39 bits per heavy atom. The monoisotopic (exact) mass is 613 g/mol. The molecule has 0 saturated carbocycles. The van der Waals surface area contributed by atoms with E-state index in [4.69, 9.17) is 18.0 Å². The van der Waals surface area contributed by atoms with Crippen LogP contribution in [0, 0.1) is 0 Å². The van der Waals surface area contributed by atoms with Gasteiger partial charge in [-0.2, -0.15) is 5.10 Å². The van der Waals surface area contributed by atoms with Gasteiger partial charge in [0, 0.05) is 21.7 Å². The molecule has 0 saturated heterocycles. The van der Waals surface area contributed by atoms with Crippen LogP contribution in [0.5, 0.6) is 11.5 Å². The summed E-state index contributed by atoms with van der Waals surface area (Å²) < 4.78 is 31.1. The average Bonchev–Trinajstić information content (AvgIpc) is 2.51. The molecule has 0 aliphatic heterocycles. The molecule has 2 rings (SSSR count). The number of hydrazone groups is 1. The molecule has 0 spiro atoms. The second-order valence-electron chi connectivity index (χ2n) is 5.22. The van der Waals surface area contributed by atoms with E-state index in [1.807, 2.05) is 0 Å². The number of hydrogen-bond donors (Lipinski definition) is 2. The van der Waals surface area contributed by atoms with Gasteiger partial charge in [0.05, 0.1) is 5.71 Å². The minimum absolute atomic E-state index is 0. The number of nitrogens with zero attached hydrogens (tertiary/aromatic N) is 1. The first-order valence-electron chi connectivity index (χ1n) is 7.30. The summed E-state index contributed by atoms with van der Waals surface area (Å²) >= 11 is 7.97. The van der Waals surface area contributed by atoms with Crippen LogP contribution in [-0.2, 0) is 9.13 Å². The van der Waals surface area contributed by atoms with Crippen molar-refractivity contribution in [3.05, 3.63) is 58.1 Å². The normalized spacial score (nSPS) is 10.9. The number of phosphoric acid groups is 2. The van der Waals surface area contributed by atoms with E-state index in [2.05, 4.69) is 35.5 Å². The number of nitrogens with one attached hydrogen (secondary N) is 1. The predicted molar refractivity (Wildman–Crippen MR) is 103 cm³/mol. The zero-order valence-corrected chi connectivity index (χ0v) is 30.2. The van der Waals surface area contributed by atoms with Crippen LogP contribution in [0.25, 0.3) is 0 Å². The van der Waals surface area contributed by atoms with Gasteiger partial charge in [0.25, 0.3) is 0 Å². The van der Waals surface area contributed by atoms with Gasteiger partial charge < -0.3 is 43.5 Å². The molecule has 0 bridgehead atoms. The molecule has 11 nitrogen and oxygen atoms in total. The van der Waals surface area contributed by atoms with Crippen LogP contribution in [0.3, 0.4) is 0 Å². The Balaban J connectivity index is -0.00000225. The van der Waals surface area contributed by atoms with Crippen LogP contribution in [0.1, 0.15) is 11.1 Å². The zero-order chi connectivity index (χ0) is 21.8. The molecule has 156 valence electrons. The minimum Gasteiger partial charge on any atom is -0.780 e. The Bertz CT molecular complexity index is 1030. The summed E-state index contributed by atoms with van der Waals surface area (Å²) in [5.74, 6) is -1.20. The largest absolute Gasteiger partial charge is 1.00 e. The molecule has 0 aliphatic rings. The van der Waals surface area contributed by atoms with Crippen molar-refractivity contribution in [3.63, 3.8) is 0 Å². The molecule has 2 aromatic rings. The van der Waals surface area contributed by atoms with Crippen LogP contribution < -0.4 is 158 Å². The molecule has 0 aromatic heterocycles. The van der Waals surface area contributed by atoms with Gasteiger partial charge in [0.15, 0.2) is 5.11 Å². The summed E-state index contributed by atoms with van der Waals surface area (Å²) in [5, 5.41) is 3.80. The molecule has 0 atom stereocenters. The molecule has 19 heteroatoms. The van der Waals surface area contributed by atoms with Crippen molar-refractivity contribution in [1.29, 1.82) is 0 Å². The SMILES string of the molecule is NC(=S)NN=C(c1cccc(Br)c1)c1cc(OP(=O)([O-])[O-])cc(OP(=O)([O-])[O-])c1.[Na+].[Na+].[Na+].[Na+]. The van der Waals surface area contributed by atoms with E-state index in [-0.39, 0.29) is 135 Å². The third-order valence-electron chi connectivity index (χ3n) is 2.96. The molecule has 0 fully saturated rings. The number of benzene rings is 2. The molecule has 0 aliphatic carbocycles. The summed E-state index contributed by atoms with van der Waals surface area (Å²) in [6.45, 7) is 0. The van der Waals surface area contributed by atoms with E-state index in [1.54, 1.807) is 24.3 Å². The van der Waals surface area contributed by atoms with Crippen molar-refractivity contribution in [3.8, 4) is 11.5 Å². The van der Waals surface area contributed by atoms with Gasteiger partial charge in [0.2, 0.25) is 0 Å². The number of phosphoric ester groups is 2. The van der Waals surface area contributed by atoms with Crippen LogP contribution in [0.2, 0.25) is 0 Å². The average molecular weight is 614 g/mol. The molecule has 2 aromatic carbocycles. The molecule has 33 heavy (non-hydrogen) atoms. The van der Waals surface area contributed by atoms with Crippen LogP contribution in [0.4, 0.5) is 0 Å². The molecule has 0 amide bonds. The maximum Gasteiger partial charge on any atom is 1.00 e. The quantitative estimate of drug-likeness (QED) is 0.0989. The van der Waals surface area contributed by atoms with Crippen molar-refractivity contribution >= 4 is 54.6 Å². The van der Waals surface area contributed by atoms with Crippen LogP contribution in [-0.4, -0.2) is 10.8 Å². The fourth-order valence-electron chi connectivity index (χ4n) is 2.11. The number of hydrogen-bond acceptors (Lipinski definition) is 10. The first-order valence-corrected chi connectivity index (χ1v) is 11.4. The van der Waals surface area contributed by atoms with E-state index in [0.717, 1.165) is 18.2 Å². The summed E-state index contributed by atoms with van der Waals surface area (Å²) in [7, 11) is -11.0. The minimum atomic E-state index is -5.50. The third kappa shape index (κ3) is 15.9. The Kier molecular flexibility index (Phi) is 21.2. The van der Waals surface area contributed by atoms with Crippen molar-refractivity contribution in [2.45, 2.75) is 0 Å². The Labute approximate surface area is 291 Å². The Morgan fingerprint density at radius 3 is 1.79 bits per heavy atom. The molecule has 0 heterocycles. The zero-order valence-electron chi connectivity index (χ0n) is 18.0. The topological polar surface area (TPSA) is 195 Å². The van der Waals surface area contributed by atoms with Gasteiger partial charge >= 0.3 is 118 Å². The summed E-state index contributed by atoms with van der Waals surface area (Å²) in [4.78, 5) is 43.8. The van der Waals surface area contributed by atoms with E-state index in [0.29, 0.717) is 10.0 Å². The van der Waals surface area contributed by atoms with Crippen molar-refractivity contribution in [2.75, 3.05) is 0 Å². The maximum absolute atomic E-state index is 11.0. The fraction of sp³-hybridized carbons (Fsp3) is 0. The Morgan fingerprint density at radius 1 is 0.909 bits per heavy atom. The van der Waals surface area contributed by atoms with Crippen molar-refractivity contribution in [2.24, 2.45) is 10.8 Å². The molecular weight excluding hydrogens is 604 g/mol. The number of rotatable bonds is 7. The molecule has 0 unspecified atom stereocenters. The second kappa shape index (κ2) is 17.6. The smallest absolute Gasteiger partial charge is 0.780 e. The Hall–Kier alpha value is 2.18. The third-order valence-corrected chi connectivity index (χ3v) is 4.42. The van der Waals surface area contributed by atoms with E-state index in [1.165, 1.54) is 0 Å². The molecule has 0 radical (unpaired) electrons. The number of halogens is 1. The number of thiocarbonyl (C=S) groups is 1. The maximum atomic E-state index is 11.0. The van der Waals surface area contributed by atoms with E-state index >= 15 is 0 Å². The van der Waals surface area contributed by atoms with Gasteiger partial charge in [-0.3, -0.25) is 5.43 Å². The predicted octanol–water partition coefficient (Wildman–Crippen LogP) is -12.5. The van der Waals surface area contributed by atoms with Gasteiger partial charge in [-0.25, -0.2) is 0 Å². The van der Waals surface area contributed by atoms with E-state index in [9.17, 15) is 28.7 Å². The van der Waals surface area contributed by atoms with Gasteiger partial charge in [-0.15, -0.1) is 0 Å². The fourth-order valence-corrected chi connectivity index (χ4v) is 3.29. The standard InChI is InChI=1S/C14H14BrN3O8P2S.4Na/c15-10-3-1-2-8(4-10)13(17-18-14(16)29)9-5-11(25-27(19,20)21)7-12(6-9)26-28(22,23)24;;;;/h1-7H,(H3,16,18,29)(H2,19,20,21)(H2,22,23,24);;;;/q;4*+1/p-4. The molecular formula is C14H10BrN3Na4O8P2S. The van der Waals surface area contributed by atoms with E-state index < -0.39 is 27.1 Å². The van der Waals surface area contributed by atoms with Crippen molar-refractivity contribution in [1.82, 2.24) is 5.43 Å². The first-order chi connectivity index (χ1) is 13.3. The first kappa shape index (κ1) is 39.7. The summed E-state index contributed by atoms with van der Waals surface area (Å²) in [6, 6.07) is 9.47. The molecule has 3 N–H and O–H groups in total. The second-order valence-corrected chi connectivity index (χ2v) is 8.73. The van der Waals surface area contributed by atoms with Gasteiger partial charge in [-0.05, 0) is 36.5 Å². The summed E-state index contributed by atoms with van der Waals surface area (Å²) in [5.41, 5.74) is 8.24. The van der Waals surface area contributed by atoms with Crippen LogP contribution in [0.15, 0.2) is 52.0 Å². The van der Waals surface area contributed by atoms with Crippen LogP contribution >= 0.6 is 43.8 Å². The van der Waals surface area contributed by atoms with Crippen molar-refractivity contribution < 1.29 is 156 Å². The van der Waals surface area contributed by atoms with Gasteiger partial charge in [-0.1, -0.05) is 28.1 Å². The summed E-state index contributed by atoms with van der Waals surface area (Å²) in [6.07, 6.45) is 0. The number of nitrogens with two attached hydrogens (primary N) is 1. The van der Waals surface area contributed by atoms with Gasteiger partial charge in [0.1, 0.15) is 27.1 Å².